The molecule has 0 radical (unpaired) electrons. The van der Waals surface area contributed by atoms with Gasteiger partial charge in [-0.05, 0) is 30.5 Å². The number of carbonyl (C=O) groups is 2. The van der Waals surface area contributed by atoms with E-state index in [0.29, 0.717) is 30.6 Å². The fourth-order valence-electron chi connectivity index (χ4n) is 4.06. The smallest absolute Gasteiger partial charge is 0.437 e. The molecule has 10 heteroatoms. The Morgan fingerprint density at radius 2 is 1.94 bits per heavy atom. The summed E-state index contributed by atoms with van der Waals surface area (Å²) in [5.74, 6) is 0.129. The molecule has 1 fully saturated rings. The third-order valence-corrected chi connectivity index (χ3v) is 5.68. The number of nitrogens with one attached hydrogen (secondary N) is 1. The zero-order chi connectivity index (χ0) is 24.3. The number of hydrogen-bond donors (Lipinski definition) is 1. The van der Waals surface area contributed by atoms with Crippen LogP contribution in [0.2, 0.25) is 0 Å². The number of rotatable bonds is 8. The fourth-order valence-corrected chi connectivity index (χ4v) is 4.06. The summed E-state index contributed by atoms with van der Waals surface area (Å²) in [6, 6.07) is 11.2. The van der Waals surface area contributed by atoms with Gasteiger partial charge in [0.2, 0.25) is 5.91 Å². The molecule has 3 aromatic rings. The van der Waals surface area contributed by atoms with Crippen LogP contribution in [0.4, 0.5) is 18.0 Å². The molecule has 1 saturated heterocycles. The van der Waals surface area contributed by atoms with E-state index in [-0.39, 0.29) is 42.5 Å². The number of aromatic nitrogens is 1. The summed E-state index contributed by atoms with van der Waals surface area (Å²) in [5, 5.41) is 5.95. The first-order chi connectivity index (χ1) is 16.3. The van der Waals surface area contributed by atoms with Gasteiger partial charge in [-0.25, -0.2) is 4.79 Å². The Labute approximate surface area is 193 Å². The first-order valence-electron chi connectivity index (χ1n) is 11.1. The topological polar surface area (TPSA) is 84.7 Å². The molecule has 1 aliphatic heterocycles. The van der Waals surface area contributed by atoms with Crippen LogP contribution in [0.25, 0.3) is 11.0 Å². The number of hydrogen-bond acceptors (Lipinski definition) is 5. The molecule has 1 aromatic heterocycles. The molecule has 2 heterocycles. The molecule has 1 unspecified atom stereocenters. The Hall–Kier alpha value is -3.56. The Kier molecular flexibility index (Phi) is 6.76. The van der Waals surface area contributed by atoms with Crippen LogP contribution in [-0.4, -0.2) is 35.1 Å². The number of benzene rings is 2. The van der Waals surface area contributed by atoms with Crippen molar-refractivity contribution in [2.24, 2.45) is 0 Å². The number of amides is 3. The average molecular weight is 475 g/mol. The predicted molar refractivity (Wildman–Crippen MR) is 117 cm³/mol. The summed E-state index contributed by atoms with van der Waals surface area (Å²) < 4.78 is 50.3. The standard InChI is InChI=1S/C24H24F3N3O4/c1-2-7-16-19(11-10-17-21(16)34-29-22(17)24(25,26)27)33-13-6-12-30-20(31)14-18(28-23(30)32)15-8-4-3-5-9-15/h3-5,8-11,18H,2,6-7,12-14H2,1H3,(H,28,32). The second kappa shape index (κ2) is 9.74. The van der Waals surface area contributed by atoms with Crippen molar-refractivity contribution >= 4 is 22.9 Å². The molecule has 0 spiro atoms. The number of nitrogens with zero attached hydrogens (tertiary/aromatic N) is 2. The van der Waals surface area contributed by atoms with Crippen LogP contribution in [0.1, 0.15) is 49.0 Å². The minimum atomic E-state index is -4.61. The molecule has 1 atom stereocenters. The molecule has 180 valence electrons. The van der Waals surface area contributed by atoms with Crippen LogP contribution in [0.3, 0.4) is 0 Å². The van der Waals surface area contributed by atoms with Crippen molar-refractivity contribution in [1.29, 1.82) is 0 Å². The SMILES string of the molecule is CCCc1c(OCCCN2C(=O)CC(c3ccccc3)NC2=O)ccc2c(C(F)(F)F)noc12. The molecule has 1 aliphatic rings. The van der Waals surface area contributed by atoms with Gasteiger partial charge < -0.3 is 14.6 Å². The first-order valence-corrected chi connectivity index (χ1v) is 11.1. The summed E-state index contributed by atoms with van der Waals surface area (Å²) in [4.78, 5) is 26.2. The van der Waals surface area contributed by atoms with E-state index in [2.05, 4.69) is 10.5 Å². The third kappa shape index (κ3) is 4.85. The quantitative estimate of drug-likeness (QED) is 0.450. The van der Waals surface area contributed by atoms with Crippen molar-refractivity contribution in [3.05, 3.63) is 59.3 Å². The summed E-state index contributed by atoms with van der Waals surface area (Å²) in [6.07, 6.45) is -2.96. The summed E-state index contributed by atoms with van der Waals surface area (Å²) in [5.41, 5.74) is 0.381. The number of imide groups is 1. The highest BCUT2D eigenvalue weighted by Gasteiger charge is 2.38. The van der Waals surface area contributed by atoms with E-state index in [1.165, 1.54) is 12.1 Å². The molecule has 7 nitrogen and oxygen atoms in total. The van der Waals surface area contributed by atoms with E-state index in [1.54, 1.807) is 0 Å². The molecule has 0 bridgehead atoms. The summed E-state index contributed by atoms with van der Waals surface area (Å²) in [6.45, 7) is 2.23. The number of halogens is 3. The van der Waals surface area contributed by atoms with Crippen molar-refractivity contribution in [3.63, 3.8) is 0 Å². The number of ether oxygens (including phenoxy) is 1. The van der Waals surface area contributed by atoms with Crippen molar-refractivity contribution in [2.45, 2.75) is 44.8 Å². The van der Waals surface area contributed by atoms with Gasteiger partial charge in [0, 0.05) is 12.1 Å². The Morgan fingerprint density at radius 1 is 1.18 bits per heavy atom. The molecule has 34 heavy (non-hydrogen) atoms. The number of alkyl halides is 3. The maximum atomic E-state index is 13.2. The lowest BCUT2D eigenvalue weighted by Gasteiger charge is -2.31. The first kappa shape index (κ1) is 23.6. The predicted octanol–water partition coefficient (Wildman–Crippen LogP) is 5.25. The van der Waals surface area contributed by atoms with Gasteiger partial charge in [0.1, 0.15) is 5.75 Å². The zero-order valence-corrected chi connectivity index (χ0v) is 18.5. The molecule has 0 aliphatic carbocycles. The van der Waals surface area contributed by atoms with Gasteiger partial charge in [-0.15, -0.1) is 0 Å². The monoisotopic (exact) mass is 475 g/mol. The van der Waals surface area contributed by atoms with E-state index < -0.39 is 17.9 Å². The highest BCUT2D eigenvalue weighted by Crippen LogP contribution is 2.38. The van der Waals surface area contributed by atoms with Gasteiger partial charge in [0.25, 0.3) is 0 Å². The molecule has 1 N–H and O–H groups in total. The van der Waals surface area contributed by atoms with E-state index in [4.69, 9.17) is 9.26 Å². The maximum absolute atomic E-state index is 13.2. The van der Waals surface area contributed by atoms with Crippen LogP contribution in [0.5, 0.6) is 5.75 Å². The van der Waals surface area contributed by atoms with Crippen molar-refractivity contribution in [2.75, 3.05) is 13.2 Å². The molecule has 0 saturated carbocycles. The molecule has 3 amide bonds. The molecule has 4 rings (SSSR count). The number of fused-ring (bicyclic) bond motifs is 1. The van der Waals surface area contributed by atoms with Crippen LogP contribution >= 0.6 is 0 Å². The van der Waals surface area contributed by atoms with Gasteiger partial charge in [-0.3, -0.25) is 9.69 Å². The second-order valence-electron chi connectivity index (χ2n) is 8.06. The average Bonchev–Trinajstić information content (AvgIpc) is 3.25. The summed E-state index contributed by atoms with van der Waals surface area (Å²) >= 11 is 0. The third-order valence-electron chi connectivity index (χ3n) is 5.68. The highest BCUT2D eigenvalue weighted by atomic mass is 19.4. The minimum absolute atomic E-state index is 0.0595. The Morgan fingerprint density at radius 3 is 2.62 bits per heavy atom. The van der Waals surface area contributed by atoms with Crippen LogP contribution < -0.4 is 10.1 Å². The Bertz CT molecular complexity index is 1160. The van der Waals surface area contributed by atoms with E-state index in [0.717, 1.165) is 10.5 Å². The number of aryl methyl sites for hydroxylation is 1. The van der Waals surface area contributed by atoms with Crippen molar-refractivity contribution in [3.8, 4) is 5.75 Å². The lowest BCUT2D eigenvalue weighted by molar-refractivity contribution is -0.141. The Balaban J connectivity index is 1.38. The zero-order valence-electron chi connectivity index (χ0n) is 18.5. The highest BCUT2D eigenvalue weighted by molar-refractivity contribution is 5.97. The van der Waals surface area contributed by atoms with Gasteiger partial charge in [0.05, 0.1) is 24.5 Å². The van der Waals surface area contributed by atoms with Crippen molar-refractivity contribution in [1.82, 2.24) is 15.4 Å². The molecular weight excluding hydrogens is 451 g/mol. The van der Waals surface area contributed by atoms with Gasteiger partial charge in [-0.2, -0.15) is 13.2 Å². The molecular formula is C24H24F3N3O4. The van der Waals surface area contributed by atoms with E-state index >= 15 is 0 Å². The van der Waals surface area contributed by atoms with Crippen LogP contribution in [0.15, 0.2) is 47.0 Å². The van der Waals surface area contributed by atoms with Gasteiger partial charge >= 0.3 is 12.2 Å². The largest absolute Gasteiger partial charge is 0.493 e. The number of carbonyl (C=O) groups excluding carboxylic acids is 2. The minimum Gasteiger partial charge on any atom is -0.493 e. The lowest BCUT2D eigenvalue weighted by atomic mass is 10.0. The maximum Gasteiger partial charge on any atom is 0.437 e. The van der Waals surface area contributed by atoms with Gasteiger partial charge in [-0.1, -0.05) is 48.8 Å². The fraction of sp³-hybridized carbons (Fsp3) is 0.375. The summed E-state index contributed by atoms with van der Waals surface area (Å²) in [7, 11) is 0. The van der Waals surface area contributed by atoms with Crippen molar-refractivity contribution < 1.29 is 32.0 Å². The molecule has 2 aromatic carbocycles. The van der Waals surface area contributed by atoms with Crippen LogP contribution in [0, 0.1) is 0 Å². The van der Waals surface area contributed by atoms with Gasteiger partial charge in [0.15, 0.2) is 11.3 Å². The number of urea groups is 1. The van der Waals surface area contributed by atoms with E-state index in [1.807, 2.05) is 37.3 Å². The normalized spacial score (nSPS) is 16.7. The van der Waals surface area contributed by atoms with E-state index in [9.17, 15) is 22.8 Å². The second-order valence-corrected chi connectivity index (χ2v) is 8.06. The van der Waals surface area contributed by atoms with Crippen LogP contribution in [-0.2, 0) is 17.4 Å². The lowest BCUT2D eigenvalue weighted by Crippen LogP contribution is -2.51.